The summed E-state index contributed by atoms with van der Waals surface area (Å²) in [6.45, 7) is 3.69. The first-order valence-electron chi connectivity index (χ1n) is 3.88. The SMILES string of the molecule is CC(=O)CNC(=O)C1CC1C. The molecule has 1 rings (SSSR count). The molecule has 0 aromatic rings. The minimum Gasteiger partial charge on any atom is -0.349 e. The first-order valence-corrected chi connectivity index (χ1v) is 3.88. The fourth-order valence-electron chi connectivity index (χ4n) is 1.03. The van der Waals surface area contributed by atoms with Crippen molar-refractivity contribution < 1.29 is 9.59 Å². The zero-order chi connectivity index (χ0) is 8.43. The fraction of sp³-hybridized carbons (Fsp3) is 0.750. The maximum absolute atomic E-state index is 11.1. The standard InChI is InChI=1S/C8H13NO2/c1-5-3-7(5)8(11)9-4-6(2)10/h5,7H,3-4H2,1-2H3,(H,9,11). The molecule has 0 spiro atoms. The summed E-state index contributed by atoms with van der Waals surface area (Å²) in [4.78, 5) is 21.5. The summed E-state index contributed by atoms with van der Waals surface area (Å²) >= 11 is 0. The van der Waals surface area contributed by atoms with Crippen molar-refractivity contribution in [1.29, 1.82) is 0 Å². The Balaban J connectivity index is 2.17. The summed E-state index contributed by atoms with van der Waals surface area (Å²) in [5, 5.41) is 2.59. The van der Waals surface area contributed by atoms with Crippen molar-refractivity contribution in [3.63, 3.8) is 0 Å². The van der Waals surface area contributed by atoms with E-state index in [1.54, 1.807) is 0 Å². The van der Waals surface area contributed by atoms with Crippen LogP contribution in [0.2, 0.25) is 0 Å². The third-order valence-corrected chi connectivity index (χ3v) is 1.96. The molecule has 2 atom stereocenters. The van der Waals surface area contributed by atoms with Gasteiger partial charge in [0, 0.05) is 5.92 Å². The highest BCUT2D eigenvalue weighted by Crippen LogP contribution is 2.37. The van der Waals surface area contributed by atoms with E-state index in [0.29, 0.717) is 5.92 Å². The van der Waals surface area contributed by atoms with Crippen molar-refractivity contribution in [2.75, 3.05) is 6.54 Å². The molecule has 1 aliphatic carbocycles. The predicted octanol–water partition coefficient (Wildman–Crippen LogP) is 0.348. The number of nitrogens with one attached hydrogen (secondary N) is 1. The number of amides is 1. The van der Waals surface area contributed by atoms with Gasteiger partial charge in [0.15, 0.2) is 0 Å². The van der Waals surface area contributed by atoms with Gasteiger partial charge in [0.2, 0.25) is 5.91 Å². The van der Waals surface area contributed by atoms with Gasteiger partial charge in [-0.15, -0.1) is 0 Å². The quantitative estimate of drug-likeness (QED) is 0.639. The monoisotopic (exact) mass is 155 g/mol. The smallest absolute Gasteiger partial charge is 0.223 e. The van der Waals surface area contributed by atoms with E-state index >= 15 is 0 Å². The van der Waals surface area contributed by atoms with E-state index in [-0.39, 0.29) is 24.2 Å². The van der Waals surface area contributed by atoms with Gasteiger partial charge in [-0.2, -0.15) is 0 Å². The van der Waals surface area contributed by atoms with Crippen molar-refractivity contribution in [2.24, 2.45) is 11.8 Å². The largest absolute Gasteiger partial charge is 0.349 e. The topological polar surface area (TPSA) is 46.2 Å². The summed E-state index contributed by atoms with van der Waals surface area (Å²) in [6, 6.07) is 0. The van der Waals surface area contributed by atoms with E-state index in [0.717, 1.165) is 6.42 Å². The highest BCUT2D eigenvalue weighted by molar-refractivity contribution is 5.86. The van der Waals surface area contributed by atoms with E-state index in [9.17, 15) is 9.59 Å². The first-order chi connectivity index (χ1) is 5.11. The molecule has 0 radical (unpaired) electrons. The van der Waals surface area contributed by atoms with Gasteiger partial charge in [-0.3, -0.25) is 9.59 Å². The van der Waals surface area contributed by atoms with Crippen molar-refractivity contribution in [3.8, 4) is 0 Å². The predicted molar refractivity (Wildman–Crippen MR) is 41.0 cm³/mol. The van der Waals surface area contributed by atoms with Gasteiger partial charge < -0.3 is 5.32 Å². The molecule has 0 aromatic carbocycles. The average molecular weight is 155 g/mol. The Morgan fingerprint density at radius 1 is 1.55 bits per heavy atom. The molecule has 0 aliphatic heterocycles. The van der Waals surface area contributed by atoms with Crippen molar-refractivity contribution in [3.05, 3.63) is 0 Å². The van der Waals surface area contributed by atoms with Crippen LogP contribution in [0.5, 0.6) is 0 Å². The van der Waals surface area contributed by atoms with Crippen LogP contribution in [0.25, 0.3) is 0 Å². The van der Waals surface area contributed by atoms with Gasteiger partial charge in [0.05, 0.1) is 6.54 Å². The number of hydrogen-bond donors (Lipinski definition) is 1. The van der Waals surface area contributed by atoms with Crippen molar-refractivity contribution in [2.45, 2.75) is 20.3 Å². The molecule has 3 heteroatoms. The van der Waals surface area contributed by atoms with Crippen LogP contribution >= 0.6 is 0 Å². The third-order valence-electron chi connectivity index (χ3n) is 1.96. The molecule has 0 bridgehead atoms. The number of rotatable bonds is 3. The van der Waals surface area contributed by atoms with Gasteiger partial charge in [-0.25, -0.2) is 0 Å². The van der Waals surface area contributed by atoms with Gasteiger partial charge in [-0.1, -0.05) is 6.92 Å². The van der Waals surface area contributed by atoms with Gasteiger partial charge >= 0.3 is 0 Å². The minimum absolute atomic E-state index is 0.00616. The Hall–Kier alpha value is -0.860. The van der Waals surface area contributed by atoms with E-state index in [4.69, 9.17) is 0 Å². The number of carbonyl (C=O) groups is 2. The molecular formula is C8H13NO2. The lowest BCUT2D eigenvalue weighted by Gasteiger charge is -1.99. The van der Waals surface area contributed by atoms with Crippen molar-refractivity contribution >= 4 is 11.7 Å². The Labute approximate surface area is 66.2 Å². The van der Waals surface area contributed by atoms with E-state index in [2.05, 4.69) is 5.32 Å². The summed E-state index contributed by atoms with van der Waals surface area (Å²) in [7, 11) is 0. The first kappa shape index (κ1) is 8.24. The third kappa shape index (κ3) is 2.33. The Morgan fingerprint density at radius 2 is 2.09 bits per heavy atom. The summed E-state index contributed by atoms with van der Waals surface area (Å²) in [5.41, 5.74) is 0. The molecule has 11 heavy (non-hydrogen) atoms. The number of ketones is 1. The Kier molecular flexibility index (Phi) is 2.27. The summed E-state index contributed by atoms with van der Waals surface area (Å²) < 4.78 is 0. The molecule has 0 heterocycles. The number of Topliss-reactive ketones (excluding diaryl/α,β-unsaturated/α-hetero) is 1. The molecule has 3 nitrogen and oxygen atoms in total. The van der Waals surface area contributed by atoms with Gasteiger partial charge in [0.1, 0.15) is 5.78 Å². The molecular weight excluding hydrogens is 142 g/mol. The molecule has 1 fully saturated rings. The molecule has 0 saturated heterocycles. The molecule has 1 N–H and O–H groups in total. The zero-order valence-corrected chi connectivity index (χ0v) is 6.89. The second kappa shape index (κ2) is 3.03. The van der Waals surface area contributed by atoms with Crippen LogP contribution in [0.4, 0.5) is 0 Å². The lowest BCUT2D eigenvalue weighted by atomic mass is 10.3. The second-order valence-corrected chi connectivity index (χ2v) is 3.24. The van der Waals surface area contributed by atoms with Gasteiger partial charge in [-0.05, 0) is 19.3 Å². The number of carbonyl (C=O) groups excluding carboxylic acids is 2. The van der Waals surface area contributed by atoms with Crippen LogP contribution in [0.15, 0.2) is 0 Å². The van der Waals surface area contributed by atoms with E-state index < -0.39 is 0 Å². The maximum atomic E-state index is 11.1. The lowest BCUT2D eigenvalue weighted by Crippen LogP contribution is -2.29. The van der Waals surface area contributed by atoms with Crippen LogP contribution in [0.3, 0.4) is 0 Å². The minimum atomic E-state index is 0.00616. The normalized spacial score (nSPS) is 27.8. The van der Waals surface area contributed by atoms with Crippen molar-refractivity contribution in [1.82, 2.24) is 5.32 Å². The van der Waals surface area contributed by atoms with Crippen LogP contribution in [-0.2, 0) is 9.59 Å². The van der Waals surface area contributed by atoms with Crippen LogP contribution < -0.4 is 5.32 Å². The van der Waals surface area contributed by atoms with Gasteiger partial charge in [0.25, 0.3) is 0 Å². The summed E-state index contributed by atoms with van der Waals surface area (Å²) in [5.74, 6) is 0.732. The second-order valence-electron chi connectivity index (χ2n) is 3.24. The molecule has 0 aromatic heterocycles. The van der Waals surface area contributed by atoms with E-state index in [1.807, 2.05) is 6.92 Å². The highest BCUT2D eigenvalue weighted by Gasteiger charge is 2.38. The average Bonchev–Trinajstić information content (AvgIpc) is 2.61. The maximum Gasteiger partial charge on any atom is 0.223 e. The molecule has 1 amide bonds. The Morgan fingerprint density at radius 3 is 2.45 bits per heavy atom. The lowest BCUT2D eigenvalue weighted by molar-refractivity contribution is -0.125. The van der Waals surface area contributed by atoms with Crippen LogP contribution in [-0.4, -0.2) is 18.2 Å². The Bertz CT molecular complexity index is 189. The zero-order valence-electron chi connectivity index (χ0n) is 6.89. The molecule has 1 saturated carbocycles. The molecule has 2 unspecified atom stereocenters. The van der Waals surface area contributed by atoms with Crippen LogP contribution in [0.1, 0.15) is 20.3 Å². The highest BCUT2D eigenvalue weighted by atomic mass is 16.2. The number of hydrogen-bond acceptors (Lipinski definition) is 2. The summed E-state index contributed by atoms with van der Waals surface area (Å²) in [6.07, 6.45) is 0.976. The van der Waals surface area contributed by atoms with E-state index in [1.165, 1.54) is 6.92 Å². The molecule has 1 aliphatic rings. The van der Waals surface area contributed by atoms with Crippen LogP contribution in [0, 0.1) is 11.8 Å². The fourth-order valence-corrected chi connectivity index (χ4v) is 1.03. The molecule has 62 valence electrons.